The molecular weight excluding hydrogens is 476 g/mol. The largest absolute Gasteiger partial charge is 0.545 e. The van der Waals surface area contributed by atoms with Gasteiger partial charge in [-0.1, -0.05) is 24.3 Å². The number of aryl methyl sites for hydroxylation is 2. The molecule has 6 heteroatoms. The van der Waals surface area contributed by atoms with E-state index in [9.17, 15) is 15.0 Å². The van der Waals surface area contributed by atoms with Gasteiger partial charge < -0.3 is 24.6 Å². The van der Waals surface area contributed by atoms with Gasteiger partial charge in [-0.15, -0.1) is 0 Å². The van der Waals surface area contributed by atoms with E-state index >= 15 is 0 Å². The molecule has 6 nitrogen and oxygen atoms in total. The predicted octanol–water partition coefficient (Wildman–Crippen LogP) is 1.46. The smallest absolute Gasteiger partial charge is 0.210 e. The minimum atomic E-state index is -1.17. The van der Waals surface area contributed by atoms with E-state index in [1.807, 2.05) is 12.1 Å². The number of carboxylic acids is 1. The first kappa shape index (κ1) is 22.4. The first-order valence-corrected chi connectivity index (χ1v) is 14.0. The van der Waals surface area contributed by atoms with E-state index in [2.05, 4.69) is 21.6 Å². The Kier molecular flexibility index (Phi) is 4.81. The molecule has 0 bridgehead atoms. The first-order chi connectivity index (χ1) is 18.6. The van der Waals surface area contributed by atoms with Crippen LogP contribution in [0.25, 0.3) is 5.57 Å². The molecule has 0 saturated heterocycles. The second-order valence-corrected chi connectivity index (χ2v) is 11.4. The monoisotopic (exact) mass is 506 g/mol. The van der Waals surface area contributed by atoms with Gasteiger partial charge in [-0.25, -0.2) is 4.58 Å². The molecule has 1 N–H and O–H groups in total. The number of hydrogen-bond donors (Lipinski definition) is 1. The average Bonchev–Trinajstić information content (AvgIpc) is 2.92. The maximum atomic E-state index is 12.3. The second-order valence-electron chi connectivity index (χ2n) is 11.4. The average molecular weight is 507 g/mol. The molecule has 192 valence electrons. The number of fused-ring (bicyclic) bond motifs is 4. The van der Waals surface area contributed by atoms with Crippen LogP contribution in [-0.2, 0) is 25.7 Å². The van der Waals surface area contributed by atoms with E-state index < -0.39 is 12.1 Å². The summed E-state index contributed by atoms with van der Waals surface area (Å²) in [6, 6.07) is 11.7. The van der Waals surface area contributed by atoms with Crippen LogP contribution in [0.5, 0.6) is 11.5 Å². The number of aliphatic hydroxyl groups excluding tert-OH is 1. The van der Waals surface area contributed by atoms with Gasteiger partial charge in [0.1, 0.15) is 24.1 Å². The van der Waals surface area contributed by atoms with Crippen LogP contribution in [0, 0.1) is 0 Å². The molecular formula is C32H30N2O4. The van der Waals surface area contributed by atoms with Crippen LogP contribution in [0.3, 0.4) is 0 Å². The van der Waals surface area contributed by atoms with Crippen LogP contribution in [0.4, 0.5) is 5.69 Å². The normalized spacial score (nSPS) is 20.7. The van der Waals surface area contributed by atoms with Gasteiger partial charge in [-0.3, -0.25) is 0 Å². The van der Waals surface area contributed by atoms with E-state index in [4.69, 9.17) is 4.74 Å². The van der Waals surface area contributed by atoms with Crippen LogP contribution < -0.4 is 29.9 Å². The number of carboxylic acid groups (broad SMARTS) is 1. The number of aromatic carboxylic acids is 1. The number of ether oxygens (including phenoxy) is 1. The summed E-state index contributed by atoms with van der Waals surface area (Å²) in [5.74, 6) is 0.480. The van der Waals surface area contributed by atoms with Gasteiger partial charge in [0, 0.05) is 64.7 Å². The topological polar surface area (TPSA) is 75.8 Å². The predicted molar refractivity (Wildman–Crippen MR) is 142 cm³/mol. The summed E-state index contributed by atoms with van der Waals surface area (Å²) in [4.78, 5) is 14.9. The van der Waals surface area contributed by atoms with Gasteiger partial charge in [-0.2, -0.15) is 0 Å². The van der Waals surface area contributed by atoms with Crippen molar-refractivity contribution in [2.24, 2.45) is 0 Å². The van der Waals surface area contributed by atoms with Gasteiger partial charge in [-0.05, 0) is 55.4 Å². The highest BCUT2D eigenvalue weighted by atomic mass is 16.5. The number of aliphatic hydroxyl groups is 1. The third-order valence-corrected chi connectivity index (χ3v) is 9.12. The molecule has 3 aromatic rings. The molecule has 0 saturated carbocycles. The van der Waals surface area contributed by atoms with Crippen molar-refractivity contribution in [1.82, 2.24) is 4.58 Å². The van der Waals surface area contributed by atoms with Gasteiger partial charge in [0.15, 0.2) is 6.54 Å². The zero-order chi connectivity index (χ0) is 25.5. The fourth-order valence-corrected chi connectivity index (χ4v) is 7.71. The molecule has 38 heavy (non-hydrogen) atoms. The number of nitrogens with zero attached hydrogens (tertiary/aromatic N) is 2. The molecule has 5 aliphatic rings. The fourth-order valence-electron chi connectivity index (χ4n) is 7.71. The van der Waals surface area contributed by atoms with Crippen LogP contribution in [0.2, 0.25) is 0 Å². The zero-order valence-corrected chi connectivity index (χ0v) is 21.4. The van der Waals surface area contributed by atoms with Crippen LogP contribution in [0.15, 0.2) is 36.4 Å². The highest BCUT2D eigenvalue weighted by molar-refractivity contribution is 5.98. The molecule has 0 aromatic heterocycles. The van der Waals surface area contributed by atoms with Gasteiger partial charge in [0.25, 0.3) is 0 Å². The summed E-state index contributed by atoms with van der Waals surface area (Å²) in [5.41, 5.74) is 8.99. The van der Waals surface area contributed by atoms with Crippen molar-refractivity contribution < 1.29 is 19.7 Å². The third-order valence-electron chi connectivity index (χ3n) is 9.12. The summed E-state index contributed by atoms with van der Waals surface area (Å²) in [7, 11) is 0. The first-order valence-electron chi connectivity index (χ1n) is 14.0. The highest BCUT2D eigenvalue weighted by Gasteiger charge is 2.37. The molecule has 8 rings (SSSR count). The van der Waals surface area contributed by atoms with Gasteiger partial charge in [0.05, 0.1) is 11.5 Å². The van der Waals surface area contributed by atoms with Crippen LogP contribution >= 0.6 is 0 Å². The lowest BCUT2D eigenvalue weighted by molar-refractivity contribution is -0.255. The Morgan fingerprint density at radius 3 is 2.66 bits per heavy atom. The molecule has 1 atom stereocenters. The summed E-state index contributed by atoms with van der Waals surface area (Å²) in [5, 5.41) is 25.4. The van der Waals surface area contributed by atoms with Gasteiger partial charge >= 0.3 is 0 Å². The van der Waals surface area contributed by atoms with Crippen molar-refractivity contribution in [1.29, 1.82) is 0 Å². The lowest BCUT2D eigenvalue weighted by Crippen LogP contribution is -2.50. The van der Waals surface area contributed by atoms with E-state index in [1.165, 1.54) is 27.7 Å². The summed E-state index contributed by atoms with van der Waals surface area (Å²) in [6.07, 6.45) is 6.25. The molecule has 0 radical (unpaired) electrons. The van der Waals surface area contributed by atoms with Crippen molar-refractivity contribution in [3.05, 3.63) is 85.9 Å². The Morgan fingerprint density at radius 2 is 1.79 bits per heavy atom. The number of carbonyl (C=O) groups is 1. The summed E-state index contributed by atoms with van der Waals surface area (Å²) < 4.78 is 9.28. The molecule has 3 aromatic carbocycles. The summed E-state index contributed by atoms with van der Waals surface area (Å²) >= 11 is 0. The van der Waals surface area contributed by atoms with E-state index in [0.29, 0.717) is 18.5 Å². The van der Waals surface area contributed by atoms with Gasteiger partial charge in [0.2, 0.25) is 5.36 Å². The molecule has 0 aliphatic carbocycles. The van der Waals surface area contributed by atoms with Crippen LogP contribution in [-0.4, -0.2) is 43.4 Å². The number of carbonyl (C=O) groups excluding carboxylic acids is 1. The van der Waals surface area contributed by atoms with Crippen molar-refractivity contribution >= 4 is 17.2 Å². The second kappa shape index (κ2) is 8.18. The number of anilines is 1. The number of hydrogen-bond acceptors (Lipinski definition) is 5. The standard InChI is InChI=1S/C32H30N2O4/c35-20-16-26-29-19(7-4-13-34(29)17-20)15-25-27(21-8-1-2-9-22(21)32(36)37)24-14-18-6-3-11-33-12-5-10-23(28(18)33)30(24)38-31(25)26/h1-2,8-9,14-15,20,35H,3-7,10-13,16-17H2/t20-/m1/s1. The molecule has 5 aliphatic heterocycles. The minimum Gasteiger partial charge on any atom is -0.545 e. The summed E-state index contributed by atoms with van der Waals surface area (Å²) in [6.45, 7) is 3.72. The van der Waals surface area contributed by atoms with E-state index in [-0.39, 0.29) is 5.56 Å². The Hall–Kier alpha value is -3.64. The molecule has 0 unspecified atom stereocenters. The highest BCUT2D eigenvalue weighted by Crippen LogP contribution is 2.48. The van der Waals surface area contributed by atoms with Crippen molar-refractivity contribution in [3.63, 3.8) is 0 Å². The van der Waals surface area contributed by atoms with E-state index in [1.54, 1.807) is 12.1 Å². The number of rotatable bonds is 2. The van der Waals surface area contributed by atoms with E-state index in [0.717, 1.165) is 91.6 Å². The van der Waals surface area contributed by atoms with Crippen molar-refractivity contribution in [2.75, 3.05) is 31.1 Å². The maximum absolute atomic E-state index is 12.3. The molecule has 0 fully saturated rings. The third kappa shape index (κ3) is 3.10. The SMILES string of the molecule is O=C([O-])c1ccccc1C1=c2cc3c4c(c2Oc2c1cc1c5c2CCCN5CCC1)C[C@@H](O)C[N+]=4CCC3. The Bertz CT molecular complexity index is 1690. The minimum absolute atomic E-state index is 0.197. The Balaban J connectivity index is 1.54. The Morgan fingerprint density at radius 1 is 0.974 bits per heavy atom. The quantitative estimate of drug-likeness (QED) is 0.417. The molecule has 0 amide bonds. The van der Waals surface area contributed by atoms with Crippen LogP contribution in [0.1, 0.15) is 63.0 Å². The molecule has 5 heterocycles. The fraction of sp³-hybridized carbons (Fsp3) is 0.375. The Labute approximate surface area is 221 Å². The van der Waals surface area contributed by atoms with Crippen molar-refractivity contribution in [3.8, 4) is 11.5 Å². The molecule has 0 spiro atoms. The lowest BCUT2D eigenvalue weighted by Gasteiger charge is -2.39. The number of benzene rings is 3. The lowest BCUT2D eigenvalue weighted by atomic mass is 9.81. The zero-order valence-electron chi connectivity index (χ0n) is 21.4. The maximum Gasteiger partial charge on any atom is 0.210 e. The van der Waals surface area contributed by atoms with Crippen molar-refractivity contribution in [2.45, 2.75) is 51.0 Å².